The molecule has 0 bridgehead atoms. The summed E-state index contributed by atoms with van der Waals surface area (Å²) in [5.41, 5.74) is 0.609. The molecule has 2 aromatic carbocycles. The molecule has 0 spiro atoms. The van der Waals surface area contributed by atoms with Crippen LogP contribution in [-0.2, 0) is 9.53 Å². The number of aromatic nitrogens is 1. The highest BCUT2D eigenvalue weighted by Crippen LogP contribution is 2.32. The molecule has 0 aliphatic carbocycles. The summed E-state index contributed by atoms with van der Waals surface area (Å²) in [5.74, 6) is -0.167. The van der Waals surface area contributed by atoms with Crippen LogP contribution in [0.5, 0.6) is 5.75 Å². The lowest BCUT2D eigenvalue weighted by Gasteiger charge is -2.29. The van der Waals surface area contributed by atoms with Crippen molar-refractivity contribution in [3.05, 3.63) is 54.1 Å². The molecule has 0 saturated carbocycles. The third kappa shape index (κ3) is 4.74. The van der Waals surface area contributed by atoms with E-state index in [2.05, 4.69) is 4.98 Å². The third-order valence-electron chi connectivity index (χ3n) is 4.54. The lowest BCUT2D eigenvalue weighted by molar-refractivity contribution is -0.150. The number of fused-ring (bicyclic) bond motifs is 1. The Bertz CT molecular complexity index is 1010. The zero-order valence-electron chi connectivity index (χ0n) is 17.0. The number of anilines is 1. The van der Waals surface area contributed by atoms with Gasteiger partial charge < -0.3 is 14.4 Å². The summed E-state index contributed by atoms with van der Waals surface area (Å²) in [6.07, 6.45) is 0. The fourth-order valence-electron chi connectivity index (χ4n) is 2.96. The van der Waals surface area contributed by atoms with Gasteiger partial charge in [0, 0.05) is 13.1 Å². The molecule has 0 radical (unpaired) electrons. The van der Waals surface area contributed by atoms with Gasteiger partial charge in [-0.25, -0.2) is 9.78 Å². The average Bonchev–Trinajstić information content (AvgIpc) is 3.15. The number of carbonyl (C=O) groups is 2. The Hall–Kier alpha value is -2.93. The Morgan fingerprint density at radius 2 is 1.86 bits per heavy atom. The molecule has 0 saturated heterocycles. The molecule has 29 heavy (non-hydrogen) atoms. The molecule has 152 valence electrons. The van der Waals surface area contributed by atoms with Crippen molar-refractivity contribution in [1.82, 2.24) is 4.98 Å². The minimum atomic E-state index is -0.659. The molecule has 0 atom stereocenters. The second-order valence-corrected chi connectivity index (χ2v) is 8.28. The molecule has 3 rings (SSSR count). The summed E-state index contributed by atoms with van der Waals surface area (Å²) in [6.45, 7) is 6.91. The number of para-hydroxylation sites is 1. The molecule has 7 heteroatoms. The van der Waals surface area contributed by atoms with Crippen LogP contribution in [0, 0.1) is 5.41 Å². The van der Waals surface area contributed by atoms with Gasteiger partial charge in [-0.05, 0) is 51.1 Å². The highest BCUT2D eigenvalue weighted by atomic mass is 32.1. The minimum Gasteiger partial charge on any atom is -0.469 e. The van der Waals surface area contributed by atoms with Crippen molar-refractivity contribution in [3.8, 4) is 5.75 Å². The molecular formula is C22H24N2O4S. The fourth-order valence-corrected chi connectivity index (χ4v) is 4.03. The Morgan fingerprint density at radius 1 is 1.14 bits per heavy atom. The van der Waals surface area contributed by atoms with Crippen molar-refractivity contribution in [2.24, 2.45) is 5.41 Å². The number of carbonyl (C=O) groups excluding carboxylic acids is 2. The Labute approximate surface area is 174 Å². The molecule has 6 nitrogen and oxygen atoms in total. The average molecular weight is 413 g/mol. The van der Waals surface area contributed by atoms with Crippen molar-refractivity contribution in [3.63, 3.8) is 0 Å². The van der Waals surface area contributed by atoms with Gasteiger partial charge in [0.15, 0.2) is 5.13 Å². The number of methoxy groups -OCH3 is 1. The van der Waals surface area contributed by atoms with Crippen LogP contribution in [0.25, 0.3) is 10.2 Å². The largest absolute Gasteiger partial charge is 0.469 e. The van der Waals surface area contributed by atoms with Crippen LogP contribution in [0.3, 0.4) is 0 Å². The van der Waals surface area contributed by atoms with Gasteiger partial charge in [-0.2, -0.15) is 0 Å². The van der Waals surface area contributed by atoms with Crippen LogP contribution < -0.4 is 9.64 Å². The standard InChI is InChI=1S/C22H24N2O4S/c1-5-24(14-22(2,3)20(26)27-4)21-23-17-12-11-15(13-18(17)29-21)19(25)28-16-9-7-6-8-10-16/h6-13H,5,14H2,1-4H3. The van der Waals surface area contributed by atoms with Crippen molar-refractivity contribution in [2.45, 2.75) is 20.8 Å². The van der Waals surface area contributed by atoms with E-state index in [1.165, 1.54) is 18.4 Å². The first kappa shape index (κ1) is 20.8. The van der Waals surface area contributed by atoms with Crippen molar-refractivity contribution in [2.75, 3.05) is 25.1 Å². The molecular weight excluding hydrogens is 388 g/mol. The number of thiazole rings is 1. The first-order valence-corrected chi connectivity index (χ1v) is 10.2. The van der Waals surface area contributed by atoms with E-state index >= 15 is 0 Å². The number of hydrogen-bond donors (Lipinski definition) is 0. The van der Waals surface area contributed by atoms with Gasteiger partial charge >= 0.3 is 11.9 Å². The summed E-state index contributed by atoms with van der Waals surface area (Å²) in [5, 5.41) is 0.799. The quantitative estimate of drug-likeness (QED) is 0.419. The number of hydrogen-bond acceptors (Lipinski definition) is 7. The first-order chi connectivity index (χ1) is 13.8. The number of rotatable bonds is 7. The SMILES string of the molecule is CCN(CC(C)(C)C(=O)OC)c1nc2ccc(C(=O)Oc3ccccc3)cc2s1. The smallest absolute Gasteiger partial charge is 0.343 e. The third-order valence-corrected chi connectivity index (χ3v) is 5.62. The van der Waals surface area contributed by atoms with Crippen LogP contribution in [0.2, 0.25) is 0 Å². The Morgan fingerprint density at radius 3 is 2.52 bits per heavy atom. The van der Waals surface area contributed by atoms with E-state index in [-0.39, 0.29) is 5.97 Å². The Kier molecular flexibility index (Phi) is 6.17. The second-order valence-electron chi connectivity index (χ2n) is 7.27. The summed E-state index contributed by atoms with van der Waals surface area (Å²) in [7, 11) is 1.40. The van der Waals surface area contributed by atoms with E-state index in [1.807, 2.05) is 49.9 Å². The summed E-state index contributed by atoms with van der Waals surface area (Å²) < 4.78 is 11.2. The number of nitrogens with zero attached hydrogens (tertiary/aromatic N) is 2. The van der Waals surface area contributed by atoms with Gasteiger partial charge in [0.2, 0.25) is 0 Å². The monoisotopic (exact) mass is 412 g/mol. The highest BCUT2D eigenvalue weighted by Gasteiger charge is 2.31. The normalized spacial score (nSPS) is 11.3. The van der Waals surface area contributed by atoms with E-state index in [0.717, 1.165) is 15.3 Å². The van der Waals surface area contributed by atoms with Gasteiger partial charge in [-0.15, -0.1) is 0 Å². The topological polar surface area (TPSA) is 68.7 Å². The van der Waals surface area contributed by atoms with Gasteiger partial charge in [0.25, 0.3) is 0 Å². The Balaban J connectivity index is 1.82. The molecule has 0 N–H and O–H groups in total. The maximum Gasteiger partial charge on any atom is 0.343 e. The van der Waals surface area contributed by atoms with Gasteiger partial charge in [0.1, 0.15) is 5.75 Å². The summed E-state index contributed by atoms with van der Waals surface area (Å²) >= 11 is 1.48. The van der Waals surface area contributed by atoms with Gasteiger partial charge in [0.05, 0.1) is 28.3 Å². The van der Waals surface area contributed by atoms with Crippen LogP contribution in [0.15, 0.2) is 48.5 Å². The number of esters is 2. The number of ether oxygens (including phenoxy) is 2. The van der Waals surface area contributed by atoms with E-state index in [4.69, 9.17) is 9.47 Å². The van der Waals surface area contributed by atoms with E-state index in [9.17, 15) is 9.59 Å². The van der Waals surface area contributed by atoms with Crippen LogP contribution >= 0.6 is 11.3 Å². The van der Waals surface area contributed by atoms with Crippen LogP contribution in [0.4, 0.5) is 5.13 Å². The molecule has 1 heterocycles. The van der Waals surface area contributed by atoms with E-state index in [0.29, 0.717) is 24.4 Å². The first-order valence-electron chi connectivity index (χ1n) is 9.35. The molecule has 1 aromatic heterocycles. The van der Waals surface area contributed by atoms with Crippen molar-refractivity contribution in [1.29, 1.82) is 0 Å². The maximum atomic E-state index is 12.5. The van der Waals surface area contributed by atoms with Crippen LogP contribution in [0.1, 0.15) is 31.1 Å². The molecule has 0 unspecified atom stereocenters. The second kappa shape index (κ2) is 8.61. The van der Waals surface area contributed by atoms with Crippen LogP contribution in [-0.4, -0.2) is 37.1 Å². The van der Waals surface area contributed by atoms with Crippen molar-refractivity contribution >= 4 is 38.6 Å². The number of benzene rings is 2. The zero-order valence-corrected chi connectivity index (χ0v) is 17.8. The van der Waals surface area contributed by atoms with E-state index in [1.54, 1.807) is 24.3 Å². The highest BCUT2D eigenvalue weighted by molar-refractivity contribution is 7.22. The van der Waals surface area contributed by atoms with Gasteiger partial charge in [-0.3, -0.25) is 4.79 Å². The zero-order chi connectivity index (χ0) is 21.0. The lowest BCUT2D eigenvalue weighted by Crippen LogP contribution is -2.40. The molecule has 0 amide bonds. The fraction of sp³-hybridized carbons (Fsp3) is 0.318. The summed E-state index contributed by atoms with van der Waals surface area (Å²) in [6, 6.07) is 14.3. The maximum absolute atomic E-state index is 12.5. The lowest BCUT2D eigenvalue weighted by atomic mass is 9.93. The molecule has 0 aliphatic heterocycles. The predicted octanol–water partition coefficient (Wildman–Crippen LogP) is 4.54. The molecule has 0 aliphatic rings. The predicted molar refractivity (Wildman–Crippen MR) is 115 cm³/mol. The summed E-state index contributed by atoms with van der Waals surface area (Å²) in [4.78, 5) is 31.2. The van der Waals surface area contributed by atoms with E-state index < -0.39 is 11.4 Å². The van der Waals surface area contributed by atoms with Gasteiger partial charge in [-0.1, -0.05) is 29.5 Å². The molecule has 0 fully saturated rings. The van der Waals surface area contributed by atoms with Crippen molar-refractivity contribution < 1.29 is 19.1 Å². The minimum absolute atomic E-state index is 0.261. The molecule has 3 aromatic rings.